The third-order valence-electron chi connectivity index (χ3n) is 4.74. The van der Waals surface area contributed by atoms with Gasteiger partial charge in [-0.1, -0.05) is 6.07 Å². The summed E-state index contributed by atoms with van der Waals surface area (Å²) in [6.45, 7) is 1.10. The molecule has 1 aromatic carbocycles. The number of piperidine rings is 1. The van der Waals surface area contributed by atoms with Gasteiger partial charge in [0.05, 0.1) is 16.9 Å². The van der Waals surface area contributed by atoms with Crippen LogP contribution < -0.4 is 16.4 Å². The number of nitrogens with zero attached hydrogens (tertiary/aromatic N) is 1. The van der Waals surface area contributed by atoms with Crippen LogP contribution in [0, 0.1) is 0 Å². The van der Waals surface area contributed by atoms with Crippen LogP contribution in [0.1, 0.15) is 46.4 Å². The van der Waals surface area contributed by atoms with Gasteiger partial charge >= 0.3 is 0 Å². The molecule has 0 aromatic heterocycles. The fraction of sp³-hybridized carbons (Fsp3) is 0.421. The van der Waals surface area contributed by atoms with Crippen molar-refractivity contribution in [3.8, 4) is 0 Å². The number of carbonyl (C=O) groups excluding carboxylic acids is 5. The number of benzene rings is 1. The van der Waals surface area contributed by atoms with Gasteiger partial charge in [0.2, 0.25) is 17.7 Å². The Balaban J connectivity index is 1.71. The Labute approximate surface area is 171 Å². The van der Waals surface area contributed by atoms with Crippen molar-refractivity contribution < 1.29 is 24.0 Å². The van der Waals surface area contributed by atoms with Crippen LogP contribution in [0.4, 0.5) is 0 Å². The second kappa shape index (κ2) is 9.19. The SMILES string of the molecule is NCCCCNC(=O)CSc1cccc2c1C(=O)N(C1CCC(=O)NC1=O)C2=O. The van der Waals surface area contributed by atoms with Gasteiger partial charge < -0.3 is 11.1 Å². The predicted octanol–water partition coefficient (Wildman–Crippen LogP) is 0.0350. The van der Waals surface area contributed by atoms with Crippen molar-refractivity contribution in [2.24, 2.45) is 5.73 Å². The zero-order chi connectivity index (χ0) is 21.0. The zero-order valence-electron chi connectivity index (χ0n) is 15.7. The average molecular weight is 418 g/mol. The predicted molar refractivity (Wildman–Crippen MR) is 105 cm³/mol. The lowest BCUT2D eigenvalue weighted by Crippen LogP contribution is -2.54. The minimum atomic E-state index is -1.01. The lowest BCUT2D eigenvalue weighted by Gasteiger charge is -2.27. The van der Waals surface area contributed by atoms with Gasteiger partial charge in [-0.15, -0.1) is 11.8 Å². The lowest BCUT2D eigenvalue weighted by atomic mass is 10.0. The summed E-state index contributed by atoms with van der Waals surface area (Å²) in [4.78, 5) is 62.7. The lowest BCUT2D eigenvalue weighted by molar-refractivity contribution is -0.136. The number of fused-ring (bicyclic) bond motifs is 1. The Hall–Kier alpha value is -2.72. The summed E-state index contributed by atoms with van der Waals surface area (Å²) in [6.07, 6.45) is 1.79. The van der Waals surface area contributed by atoms with Gasteiger partial charge in [-0.3, -0.25) is 34.2 Å². The first kappa shape index (κ1) is 21.0. The first-order chi connectivity index (χ1) is 13.9. The molecule has 29 heavy (non-hydrogen) atoms. The Morgan fingerprint density at radius 3 is 2.72 bits per heavy atom. The second-order valence-corrected chi connectivity index (χ2v) is 7.78. The molecule has 9 nitrogen and oxygen atoms in total. The Morgan fingerprint density at radius 1 is 1.21 bits per heavy atom. The summed E-state index contributed by atoms with van der Waals surface area (Å²) < 4.78 is 0. The zero-order valence-corrected chi connectivity index (χ0v) is 16.5. The van der Waals surface area contributed by atoms with Crippen molar-refractivity contribution in [3.05, 3.63) is 29.3 Å². The smallest absolute Gasteiger partial charge is 0.263 e. The molecule has 0 saturated carbocycles. The molecule has 1 aromatic rings. The first-order valence-electron chi connectivity index (χ1n) is 9.38. The summed E-state index contributed by atoms with van der Waals surface area (Å²) in [5, 5.41) is 4.95. The molecule has 0 aliphatic carbocycles. The Bertz CT molecular complexity index is 872. The van der Waals surface area contributed by atoms with Gasteiger partial charge in [-0.25, -0.2) is 0 Å². The highest BCUT2D eigenvalue weighted by atomic mass is 32.2. The number of imide groups is 2. The van der Waals surface area contributed by atoms with Crippen molar-refractivity contribution in [2.45, 2.75) is 36.6 Å². The number of carbonyl (C=O) groups is 5. The number of amides is 5. The van der Waals surface area contributed by atoms with E-state index in [1.165, 1.54) is 6.07 Å². The van der Waals surface area contributed by atoms with Crippen LogP contribution in [0.25, 0.3) is 0 Å². The number of nitrogens with two attached hydrogens (primary N) is 1. The van der Waals surface area contributed by atoms with Crippen LogP contribution in [-0.4, -0.2) is 59.3 Å². The van der Waals surface area contributed by atoms with Crippen molar-refractivity contribution in [2.75, 3.05) is 18.8 Å². The highest BCUT2D eigenvalue weighted by Crippen LogP contribution is 2.34. The van der Waals surface area contributed by atoms with E-state index in [4.69, 9.17) is 5.73 Å². The third-order valence-corrected chi connectivity index (χ3v) is 5.80. The van der Waals surface area contributed by atoms with Gasteiger partial charge in [0, 0.05) is 17.9 Å². The molecule has 2 aliphatic rings. The highest BCUT2D eigenvalue weighted by Gasteiger charge is 2.45. The Kier molecular flexibility index (Phi) is 6.65. The van der Waals surface area contributed by atoms with Crippen LogP contribution in [0.5, 0.6) is 0 Å². The van der Waals surface area contributed by atoms with Gasteiger partial charge in [0.15, 0.2) is 0 Å². The molecule has 0 spiro atoms. The summed E-state index contributed by atoms with van der Waals surface area (Å²) >= 11 is 1.16. The van der Waals surface area contributed by atoms with Crippen molar-refractivity contribution in [1.82, 2.24) is 15.5 Å². The molecule has 3 rings (SSSR count). The maximum atomic E-state index is 13.0. The number of rotatable bonds is 8. The van der Waals surface area contributed by atoms with Gasteiger partial charge in [0.1, 0.15) is 6.04 Å². The average Bonchev–Trinajstić information content (AvgIpc) is 2.95. The van der Waals surface area contributed by atoms with Crippen LogP contribution >= 0.6 is 11.8 Å². The Morgan fingerprint density at radius 2 is 2.00 bits per heavy atom. The minimum Gasteiger partial charge on any atom is -0.355 e. The van der Waals surface area contributed by atoms with E-state index in [2.05, 4.69) is 10.6 Å². The van der Waals surface area contributed by atoms with Crippen LogP contribution in [0.2, 0.25) is 0 Å². The molecule has 10 heteroatoms. The van der Waals surface area contributed by atoms with E-state index in [1.807, 2.05) is 0 Å². The molecular weight excluding hydrogens is 396 g/mol. The maximum Gasteiger partial charge on any atom is 0.263 e. The second-order valence-electron chi connectivity index (χ2n) is 6.76. The van der Waals surface area contributed by atoms with E-state index in [1.54, 1.807) is 12.1 Å². The topological polar surface area (TPSA) is 139 Å². The summed E-state index contributed by atoms with van der Waals surface area (Å²) in [6, 6.07) is 3.83. The van der Waals surface area contributed by atoms with E-state index in [0.717, 1.165) is 29.5 Å². The molecular formula is C19H22N4O5S. The molecule has 1 saturated heterocycles. The van der Waals surface area contributed by atoms with Crippen molar-refractivity contribution >= 4 is 41.3 Å². The molecule has 5 amide bonds. The molecule has 0 radical (unpaired) electrons. The van der Waals surface area contributed by atoms with E-state index >= 15 is 0 Å². The number of hydrogen-bond donors (Lipinski definition) is 3. The number of thioether (sulfide) groups is 1. The fourth-order valence-corrected chi connectivity index (χ4v) is 4.20. The van der Waals surface area contributed by atoms with Crippen molar-refractivity contribution in [3.63, 3.8) is 0 Å². The first-order valence-corrected chi connectivity index (χ1v) is 10.4. The minimum absolute atomic E-state index is 0.0652. The van der Waals surface area contributed by atoms with E-state index in [0.29, 0.717) is 18.0 Å². The molecule has 2 aliphatic heterocycles. The van der Waals surface area contributed by atoms with E-state index in [9.17, 15) is 24.0 Å². The third kappa shape index (κ3) is 4.48. The highest BCUT2D eigenvalue weighted by molar-refractivity contribution is 8.00. The summed E-state index contributed by atoms with van der Waals surface area (Å²) in [7, 11) is 0. The van der Waals surface area contributed by atoms with Crippen molar-refractivity contribution in [1.29, 1.82) is 0 Å². The number of nitrogens with one attached hydrogen (secondary N) is 2. The van der Waals surface area contributed by atoms with Gasteiger partial charge in [-0.2, -0.15) is 0 Å². The number of hydrogen-bond acceptors (Lipinski definition) is 7. The van der Waals surface area contributed by atoms with Gasteiger partial charge in [-0.05, 0) is 37.9 Å². The van der Waals surface area contributed by atoms with Crippen LogP contribution in [0.15, 0.2) is 23.1 Å². The quantitative estimate of drug-likeness (QED) is 0.308. The van der Waals surface area contributed by atoms with E-state index < -0.39 is 29.7 Å². The molecule has 1 unspecified atom stereocenters. The molecule has 154 valence electrons. The van der Waals surface area contributed by atoms with Crippen LogP contribution in [0.3, 0.4) is 0 Å². The molecule has 0 bridgehead atoms. The number of unbranched alkanes of at least 4 members (excludes halogenated alkanes) is 1. The van der Waals surface area contributed by atoms with Crippen LogP contribution in [-0.2, 0) is 14.4 Å². The van der Waals surface area contributed by atoms with Gasteiger partial charge in [0.25, 0.3) is 11.8 Å². The fourth-order valence-electron chi connectivity index (χ4n) is 3.30. The molecule has 4 N–H and O–H groups in total. The molecule has 2 heterocycles. The standard InChI is InChI=1S/C19H22N4O5S/c20-8-1-2-9-21-15(25)10-29-13-5-3-4-11-16(13)19(28)23(18(11)27)12-6-7-14(24)22-17(12)26/h3-5,12H,1-2,6-10,20H2,(H,21,25)(H,22,24,26). The largest absolute Gasteiger partial charge is 0.355 e. The summed E-state index contributed by atoms with van der Waals surface area (Å²) in [5.74, 6) is -2.29. The normalized spacial score (nSPS) is 18.7. The monoisotopic (exact) mass is 418 g/mol. The summed E-state index contributed by atoms with van der Waals surface area (Å²) in [5.41, 5.74) is 5.81. The molecule has 1 atom stereocenters. The molecule has 1 fully saturated rings. The maximum absolute atomic E-state index is 13.0. The van der Waals surface area contributed by atoms with E-state index in [-0.39, 0.29) is 35.6 Å².